The molecule has 2 rings (SSSR count). The molecule has 0 saturated heterocycles. The zero-order chi connectivity index (χ0) is 13.0. The normalized spacial score (nSPS) is 10.3. The highest BCUT2D eigenvalue weighted by Gasteiger charge is 1.99. The number of nitrogens with two attached hydrogens (primary N) is 1. The summed E-state index contributed by atoms with van der Waals surface area (Å²) in [4.78, 5) is 8.07. The SMILES string of the molecule is Cc1cc(NCCc2ccc(F)cc2)nc(N)n1. The highest BCUT2D eigenvalue weighted by atomic mass is 19.1. The van der Waals surface area contributed by atoms with E-state index in [0.29, 0.717) is 12.4 Å². The number of hydrogen-bond donors (Lipinski definition) is 2. The van der Waals surface area contributed by atoms with E-state index in [9.17, 15) is 4.39 Å². The van der Waals surface area contributed by atoms with E-state index < -0.39 is 0 Å². The highest BCUT2D eigenvalue weighted by Crippen LogP contribution is 2.08. The first kappa shape index (κ1) is 12.3. The number of anilines is 2. The first-order valence-electron chi connectivity index (χ1n) is 5.73. The predicted octanol–water partition coefficient (Wildman–Crippen LogP) is 2.16. The van der Waals surface area contributed by atoms with E-state index in [2.05, 4.69) is 15.3 Å². The molecule has 0 aliphatic carbocycles. The van der Waals surface area contributed by atoms with Crippen molar-refractivity contribution in [3.8, 4) is 0 Å². The minimum absolute atomic E-state index is 0.217. The molecule has 0 unspecified atom stereocenters. The van der Waals surface area contributed by atoms with Gasteiger partial charge in [-0.05, 0) is 31.0 Å². The lowest BCUT2D eigenvalue weighted by atomic mass is 10.1. The summed E-state index contributed by atoms with van der Waals surface area (Å²) in [6, 6.07) is 8.30. The first-order chi connectivity index (χ1) is 8.63. The van der Waals surface area contributed by atoms with Gasteiger partial charge in [0.2, 0.25) is 5.95 Å². The van der Waals surface area contributed by atoms with Crippen LogP contribution in [0.3, 0.4) is 0 Å². The maximum absolute atomic E-state index is 12.7. The van der Waals surface area contributed by atoms with Crippen molar-refractivity contribution < 1.29 is 4.39 Å². The predicted molar refractivity (Wildman–Crippen MR) is 69.8 cm³/mol. The quantitative estimate of drug-likeness (QED) is 0.867. The van der Waals surface area contributed by atoms with Gasteiger partial charge in [-0.3, -0.25) is 0 Å². The first-order valence-corrected chi connectivity index (χ1v) is 5.73. The van der Waals surface area contributed by atoms with Crippen LogP contribution in [0, 0.1) is 12.7 Å². The van der Waals surface area contributed by atoms with E-state index in [-0.39, 0.29) is 11.8 Å². The maximum atomic E-state index is 12.7. The second kappa shape index (κ2) is 5.44. The summed E-state index contributed by atoms with van der Waals surface area (Å²) in [5.74, 6) is 0.757. The van der Waals surface area contributed by atoms with Crippen molar-refractivity contribution in [3.05, 3.63) is 47.4 Å². The Hall–Kier alpha value is -2.17. The second-order valence-corrected chi connectivity index (χ2v) is 4.06. The Bertz CT molecular complexity index is 505. The number of nitrogens with one attached hydrogen (secondary N) is 1. The van der Waals surface area contributed by atoms with Crippen molar-refractivity contribution in [2.45, 2.75) is 13.3 Å². The lowest BCUT2D eigenvalue weighted by Crippen LogP contribution is -2.08. The smallest absolute Gasteiger partial charge is 0.222 e. The van der Waals surface area contributed by atoms with Crippen LogP contribution in [0.4, 0.5) is 16.2 Å². The van der Waals surface area contributed by atoms with Crippen molar-refractivity contribution >= 4 is 11.8 Å². The Morgan fingerprint density at radius 3 is 2.61 bits per heavy atom. The Morgan fingerprint density at radius 2 is 1.94 bits per heavy atom. The molecule has 5 heteroatoms. The number of aromatic nitrogens is 2. The van der Waals surface area contributed by atoms with Crippen molar-refractivity contribution in [2.24, 2.45) is 0 Å². The van der Waals surface area contributed by atoms with Crippen LogP contribution in [0.1, 0.15) is 11.3 Å². The molecule has 0 amide bonds. The Morgan fingerprint density at radius 1 is 1.22 bits per heavy atom. The third-order valence-electron chi connectivity index (χ3n) is 2.50. The summed E-state index contributed by atoms with van der Waals surface area (Å²) < 4.78 is 12.7. The monoisotopic (exact) mass is 246 g/mol. The Labute approximate surface area is 105 Å². The molecule has 1 heterocycles. The van der Waals surface area contributed by atoms with Crippen LogP contribution in [0.5, 0.6) is 0 Å². The van der Waals surface area contributed by atoms with Crippen molar-refractivity contribution in [1.29, 1.82) is 0 Å². The molecule has 1 aromatic carbocycles. The molecule has 2 aromatic rings. The molecule has 0 spiro atoms. The third-order valence-corrected chi connectivity index (χ3v) is 2.50. The number of benzene rings is 1. The van der Waals surface area contributed by atoms with E-state index in [4.69, 9.17) is 5.73 Å². The Balaban J connectivity index is 1.90. The van der Waals surface area contributed by atoms with Gasteiger partial charge in [0, 0.05) is 18.3 Å². The number of nitrogen functional groups attached to an aromatic ring is 1. The highest BCUT2D eigenvalue weighted by molar-refractivity contribution is 5.40. The van der Waals surface area contributed by atoms with Gasteiger partial charge in [-0.15, -0.1) is 0 Å². The molecule has 0 bridgehead atoms. The lowest BCUT2D eigenvalue weighted by molar-refractivity contribution is 0.627. The largest absolute Gasteiger partial charge is 0.370 e. The fourth-order valence-electron chi connectivity index (χ4n) is 1.67. The van der Waals surface area contributed by atoms with Gasteiger partial charge in [-0.25, -0.2) is 9.37 Å². The van der Waals surface area contributed by atoms with Gasteiger partial charge < -0.3 is 11.1 Å². The fraction of sp³-hybridized carbons (Fsp3) is 0.231. The summed E-state index contributed by atoms with van der Waals surface area (Å²) >= 11 is 0. The van der Waals surface area contributed by atoms with Crippen LogP contribution in [0.2, 0.25) is 0 Å². The van der Waals surface area contributed by atoms with Gasteiger partial charge in [0.25, 0.3) is 0 Å². The number of rotatable bonds is 4. The van der Waals surface area contributed by atoms with Crippen LogP contribution in [0.15, 0.2) is 30.3 Å². The summed E-state index contributed by atoms with van der Waals surface area (Å²) in [5, 5.41) is 3.16. The molecule has 4 nitrogen and oxygen atoms in total. The van der Waals surface area contributed by atoms with Crippen LogP contribution < -0.4 is 11.1 Å². The van der Waals surface area contributed by atoms with Crippen LogP contribution >= 0.6 is 0 Å². The zero-order valence-corrected chi connectivity index (χ0v) is 10.2. The standard InChI is InChI=1S/C13H15FN4/c1-9-8-12(18-13(15)17-9)16-7-6-10-2-4-11(14)5-3-10/h2-5,8H,6-7H2,1H3,(H3,15,16,17,18). The molecule has 1 aromatic heterocycles. The second-order valence-electron chi connectivity index (χ2n) is 4.06. The topological polar surface area (TPSA) is 63.8 Å². The minimum atomic E-state index is -0.217. The lowest BCUT2D eigenvalue weighted by Gasteiger charge is -2.07. The maximum Gasteiger partial charge on any atom is 0.222 e. The molecule has 0 saturated carbocycles. The molecule has 0 radical (unpaired) electrons. The van der Waals surface area contributed by atoms with E-state index in [1.54, 1.807) is 12.1 Å². The average molecular weight is 246 g/mol. The molecule has 0 fully saturated rings. The number of halogens is 1. The summed E-state index contributed by atoms with van der Waals surface area (Å²) in [6.45, 7) is 2.57. The summed E-state index contributed by atoms with van der Waals surface area (Å²) in [6.07, 6.45) is 0.795. The number of aryl methyl sites for hydroxylation is 1. The van der Waals surface area contributed by atoms with Gasteiger partial charge in [0.1, 0.15) is 11.6 Å². The van der Waals surface area contributed by atoms with E-state index in [0.717, 1.165) is 17.7 Å². The molecule has 18 heavy (non-hydrogen) atoms. The van der Waals surface area contributed by atoms with Crippen LogP contribution in [0.25, 0.3) is 0 Å². The molecular formula is C13H15FN4. The van der Waals surface area contributed by atoms with Crippen molar-refractivity contribution in [1.82, 2.24) is 9.97 Å². The van der Waals surface area contributed by atoms with Gasteiger partial charge in [0.05, 0.1) is 0 Å². The van der Waals surface area contributed by atoms with Gasteiger partial charge >= 0.3 is 0 Å². The zero-order valence-electron chi connectivity index (χ0n) is 10.2. The fourth-order valence-corrected chi connectivity index (χ4v) is 1.67. The average Bonchev–Trinajstić information content (AvgIpc) is 2.30. The number of nitrogens with zero attached hydrogens (tertiary/aromatic N) is 2. The van der Waals surface area contributed by atoms with Gasteiger partial charge in [-0.1, -0.05) is 12.1 Å². The number of hydrogen-bond acceptors (Lipinski definition) is 4. The van der Waals surface area contributed by atoms with Crippen molar-refractivity contribution in [3.63, 3.8) is 0 Å². The Kier molecular flexibility index (Phi) is 3.72. The molecule has 0 aliphatic rings. The van der Waals surface area contributed by atoms with Crippen molar-refractivity contribution in [2.75, 3.05) is 17.6 Å². The minimum Gasteiger partial charge on any atom is -0.370 e. The molecular weight excluding hydrogens is 231 g/mol. The van der Waals surface area contributed by atoms with Crippen LogP contribution in [-0.4, -0.2) is 16.5 Å². The summed E-state index contributed by atoms with van der Waals surface area (Å²) in [5.41, 5.74) is 7.45. The molecule has 0 atom stereocenters. The molecule has 3 N–H and O–H groups in total. The molecule has 94 valence electrons. The van der Waals surface area contributed by atoms with E-state index in [1.807, 2.05) is 13.0 Å². The summed E-state index contributed by atoms with van der Waals surface area (Å²) in [7, 11) is 0. The van der Waals surface area contributed by atoms with E-state index >= 15 is 0 Å². The van der Waals surface area contributed by atoms with Crippen LogP contribution in [-0.2, 0) is 6.42 Å². The van der Waals surface area contributed by atoms with E-state index in [1.165, 1.54) is 12.1 Å². The molecule has 0 aliphatic heterocycles. The van der Waals surface area contributed by atoms with Gasteiger partial charge in [-0.2, -0.15) is 4.98 Å². The van der Waals surface area contributed by atoms with Gasteiger partial charge in [0.15, 0.2) is 0 Å². The third kappa shape index (κ3) is 3.41.